The van der Waals surface area contributed by atoms with Crippen LogP contribution in [0.2, 0.25) is 0 Å². The second-order valence-corrected chi connectivity index (χ2v) is 19.1. The van der Waals surface area contributed by atoms with Crippen LogP contribution in [0.3, 0.4) is 0 Å². The van der Waals surface area contributed by atoms with Crippen LogP contribution in [0, 0.1) is 0 Å². The number of allylic oxidation sites excluding steroid dienone is 18. The Balaban J connectivity index is 2.73. The predicted molar refractivity (Wildman–Crippen MR) is 303 cm³/mol. The van der Waals surface area contributed by atoms with Crippen LogP contribution in [-0.2, 0) is 42.9 Å². The van der Waals surface area contributed by atoms with Crippen LogP contribution < -0.4 is 0 Å². The normalized spacial score (nSPS) is 19.0. The lowest BCUT2D eigenvalue weighted by molar-refractivity contribution is -0.301. The zero-order chi connectivity index (χ0) is 54.7. The van der Waals surface area contributed by atoms with Crippen LogP contribution >= 0.6 is 0 Å². The van der Waals surface area contributed by atoms with E-state index in [1.807, 2.05) is 0 Å². The number of rotatable bonds is 47. The number of ether oxygens (including phenoxy) is 5. The molecule has 1 aliphatic rings. The number of aliphatic hydroxyl groups excluding tert-OH is 2. The Morgan fingerprint density at radius 1 is 0.440 bits per heavy atom. The highest BCUT2D eigenvalue weighted by molar-refractivity contribution is 5.74. The van der Waals surface area contributed by atoms with Crippen molar-refractivity contribution in [1.82, 2.24) is 0 Å². The van der Waals surface area contributed by atoms with Crippen molar-refractivity contribution in [1.29, 1.82) is 0 Å². The lowest BCUT2D eigenvalue weighted by atomic mass is 9.98. The maximum Gasteiger partial charge on any atom is 0.335 e. The van der Waals surface area contributed by atoms with Crippen molar-refractivity contribution in [2.24, 2.45) is 0 Å². The van der Waals surface area contributed by atoms with Gasteiger partial charge in [0.15, 0.2) is 24.6 Å². The minimum absolute atomic E-state index is 0.0311. The Morgan fingerprint density at radius 2 is 0.800 bits per heavy atom. The van der Waals surface area contributed by atoms with Gasteiger partial charge in [-0.3, -0.25) is 14.4 Å². The quantitative estimate of drug-likeness (QED) is 0.0228. The molecule has 0 aliphatic carbocycles. The van der Waals surface area contributed by atoms with E-state index in [4.69, 9.17) is 23.7 Å². The Labute approximate surface area is 453 Å². The van der Waals surface area contributed by atoms with E-state index in [0.717, 1.165) is 148 Å². The number of carbonyl (C=O) groups excluding carboxylic acids is 3. The average Bonchev–Trinajstić information content (AvgIpc) is 3.39. The summed E-state index contributed by atoms with van der Waals surface area (Å²) in [7, 11) is 0. The smallest absolute Gasteiger partial charge is 0.335 e. The molecule has 0 amide bonds. The number of aliphatic hydroxyl groups is 2. The standard InChI is InChI=1S/C63H100O12/c1-4-7-10-13-16-19-22-25-27-28-30-32-34-37-40-43-46-49-55(64)71-52-54(73-56(65)50-47-44-41-38-35-31-24-21-18-15-12-9-6-3)53-72-63-61(59(68)58(67)60(75-63)62(69)70)74-57(66)51-48-45-42-39-36-33-29-26-23-20-17-14-11-8-5-2/h7-12,16-21,25-27,29,31,35,54,58-61,63,67-68H,4-6,13-15,22-24,28,30,32-34,36-53H2,1-3H3,(H,69,70)/b10-7-,11-8-,12-9-,19-16-,20-17-,21-18-,27-25-,29-26-,35-31-. The SMILES string of the molecule is CC/C=C\C/C=C\C/C=C\CCCCCCCCCC(=O)OCC(COC1OC(C(=O)O)C(O)C(O)C1OC(=O)CCCCCCC/C=C\C/C=C\C/C=C\CC)OC(=O)CCCCC/C=C\C/C=C\C/C=C\CC. The summed E-state index contributed by atoms with van der Waals surface area (Å²) in [6.45, 7) is 5.60. The van der Waals surface area contributed by atoms with Gasteiger partial charge in [-0.05, 0) is 116 Å². The Morgan fingerprint density at radius 3 is 1.23 bits per heavy atom. The molecular formula is C63H100O12. The largest absolute Gasteiger partial charge is 0.479 e. The number of carbonyl (C=O) groups is 4. The number of esters is 3. The monoisotopic (exact) mass is 1050 g/mol. The summed E-state index contributed by atoms with van der Waals surface area (Å²) in [5.41, 5.74) is 0. The van der Waals surface area contributed by atoms with Gasteiger partial charge in [0.1, 0.15) is 18.8 Å². The Bertz CT molecular complexity index is 1720. The molecule has 12 heteroatoms. The van der Waals surface area contributed by atoms with Crippen LogP contribution in [-0.4, -0.2) is 89.2 Å². The van der Waals surface area contributed by atoms with Crippen LogP contribution in [0.1, 0.15) is 213 Å². The summed E-state index contributed by atoms with van der Waals surface area (Å²) in [5, 5.41) is 31.5. The Kier molecular flexibility index (Phi) is 45.8. The molecule has 1 rings (SSSR count). The van der Waals surface area contributed by atoms with Gasteiger partial charge < -0.3 is 39.0 Å². The molecule has 1 aliphatic heterocycles. The Hall–Kier alpha value is -4.62. The van der Waals surface area contributed by atoms with E-state index < -0.39 is 67.3 Å². The summed E-state index contributed by atoms with van der Waals surface area (Å²) >= 11 is 0. The molecule has 0 aromatic rings. The van der Waals surface area contributed by atoms with E-state index >= 15 is 0 Å². The van der Waals surface area contributed by atoms with E-state index in [9.17, 15) is 34.5 Å². The third-order valence-electron chi connectivity index (χ3n) is 12.3. The maximum absolute atomic E-state index is 13.1. The van der Waals surface area contributed by atoms with Crippen LogP contribution in [0.25, 0.3) is 0 Å². The van der Waals surface area contributed by atoms with Gasteiger partial charge >= 0.3 is 23.9 Å². The fourth-order valence-electron chi connectivity index (χ4n) is 8.00. The topological polar surface area (TPSA) is 175 Å². The van der Waals surface area contributed by atoms with Crippen molar-refractivity contribution in [3.8, 4) is 0 Å². The average molecular weight is 1050 g/mol. The number of hydrogen-bond acceptors (Lipinski definition) is 11. The lowest BCUT2D eigenvalue weighted by Gasteiger charge is -2.40. The van der Waals surface area contributed by atoms with Gasteiger partial charge in [-0.15, -0.1) is 0 Å². The second kappa shape index (κ2) is 50.2. The van der Waals surface area contributed by atoms with Crippen molar-refractivity contribution in [2.45, 2.75) is 250 Å². The minimum atomic E-state index is -1.92. The highest BCUT2D eigenvalue weighted by Crippen LogP contribution is 2.26. The molecule has 12 nitrogen and oxygen atoms in total. The molecule has 0 saturated carbocycles. The molecule has 0 radical (unpaired) electrons. The molecule has 3 N–H and O–H groups in total. The molecular weight excluding hydrogens is 949 g/mol. The fraction of sp³-hybridized carbons (Fsp3) is 0.651. The maximum atomic E-state index is 13.1. The van der Waals surface area contributed by atoms with E-state index in [0.29, 0.717) is 19.3 Å². The molecule has 1 saturated heterocycles. The summed E-state index contributed by atoms with van der Waals surface area (Å²) in [6.07, 6.45) is 54.9. The molecule has 0 aromatic heterocycles. The van der Waals surface area contributed by atoms with Crippen molar-refractivity contribution in [3.05, 3.63) is 109 Å². The summed E-state index contributed by atoms with van der Waals surface area (Å²) in [6, 6.07) is 0. The third kappa shape index (κ3) is 40.3. The zero-order valence-electron chi connectivity index (χ0n) is 46.5. The lowest BCUT2D eigenvalue weighted by Crippen LogP contribution is -2.61. The van der Waals surface area contributed by atoms with Crippen LogP contribution in [0.5, 0.6) is 0 Å². The van der Waals surface area contributed by atoms with Gasteiger partial charge in [0.05, 0.1) is 6.61 Å². The van der Waals surface area contributed by atoms with Gasteiger partial charge in [-0.2, -0.15) is 0 Å². The van der Waals surface area contributed by atoms with E-state index in [2.05, 4.69) is 130 Å². The first-order chi connectivity index (χ1) is 36.6. The molecule has 75 heavy (non-hydrogen) atoms. The third-order valence-corrected chi connectivity index (χ3v) is 12.3. The van der Waals surface area contributed by atoms with Gasteiger partial charge in [0, 0.05) is 19.3 Å². The number of unbranched alkanes of at least 4 members (excludes halogenated alkanes) is 15. The minimum Gasteiger partial charge on any atom is -0.479 e. The molecule has 6 atom stereocenters. The van der Waals surface area contributed by atoms with Crippen molar-refractivity contribution < 1.29 is 58.2 Å². The molecule has 0 spiro atoms. The molecule has 6 unspecified atom stereocenters. The zero-order valence-corrected chi connectivity index (χ0v) is 46.5. The number of carboxylic acids is 1. The van der Waals surface area contributed by atoms with Crippen LogP contribution in [0.15, 0.2) is 109 Å². The fourth-order valence-corrected chi connectivity index (χ4v) is 8.00. The molecule has 0 aromatic carbocycles. The van der Waals surface area contributed by atoms with Gasteiger partial charge in [0.25, 0.3) is 0 Å². The van der Waals surface area contributed by atoms with E-state index in [1.54, 1.807) is 0 Å². The first kappa shape index (κ1) is 68.4. The predicted octanol–water partition coefficient (Wildman–Crippen LogP) is 14.7. The second-order valence-electron chi connectivity index (χ2n) is 19.1. The van der Waals surface area contributed by atoms with Crippen molar-refractivity contribution in [2.75, 3.05) is 13.2 Å². The molecule has 1 fully saturated rings. The summed E-state index contributed by atoms with van der Waals surface area (Å²) in [5.74, 6) is -3.21. The van der Waals surface area contributed by atoms with E-state index in [-0.39, 0.29) is 25.9 Å². The summed E-state index contributed by atoms with van der Waals surface area (Å²) in [4.78, 5) is 51.1. The van der Waals surface area contributed by atoms with Gasteiger partial charge in [-0.1, -0.05) is 188 Å². The first-order valence-corrected chi connectivity index (χ1v) is 28.9. The number of hydrogen-bond donors (Lipinski definition) is 3. The molecule has 1 heterocycles. The number of aliphatic carboxylic acids is 1. The molecule has 424 valence electrons. The van der Waals surface area contributed by atoms with Crippen molar-refractivity contribution in [3.63, 3.8) is 0 Å². The van der Waals surface area contributed by atoms with E-state index in [1.165, 1.54) is 6.42 Å². The van der Waals surface area contributed by atoms with Gasteiger partial charge in [0.2, 0.25) is 0 Å². The highest BCUT2D eigenvalue weighted by Gasteiger charge is 2.50. The first-order valence-electron chi connectivity index (χ1n) is 28.9. The summed E-state index contributed by atoms with van der Waals surface area (Å²) < 4.78 is 28.3. The highest BCUT2D eigenvalue weighted by atomic mass is 16.7. The number of carboxylic acid groups (broad SMARTS) is 1. The van der Waals surface area contributed by atoms with Crippen molar-refractivity contribution >= 4 is 23.9 Å². The van der Waals surface area contributed by atoms with Gasteiger partial charge in [-0.25, -0.2) is 4.79 Å². The van der Waals surface area contributed by atoms with Crippen LogP contribution in [0.4, 0.5) is 0 Å². The molecule has 0 bridgehead atoms.